The molecular formula is C19H28N2O4. The molecule has 1 unspecified atom stereocenters. The fourth-order valence-corrected chi connectivity index (χ4v) is 2.90. The first kappa shape index (κ1) is 19.1. The maximum atomic E-state index is 12.7. The van der Waals surface area contributed by atoms with Gasteiger partial charge in [0.25, 0.3) is 5.91 Å². The lowest BCUT2D eigenvalue weighted by Crippen LogP contribution is -2.44. The predicted molar refractivity (Wildman–Crippen MR) is 95.8 cm³/mol. The van der Waals surface area contributed by atoms with Crippen molar-refractivity contribution in [2.75, 3.05) is 26.8 Å². The van der Waals surface area contributed by atoms with Gasteiger partial charge in [-0.25, -0.2) is 0 Å². The van der Waals surface area contributed by atoms with Crippen LogP contribution >= 0.6 is 0 Å². The Hall–Kier alpha value is -2.24. The minimum absolute atomic E-state index is 0.113. The number of benzene rings is 1. The first-order valence-electron chi connectivity index (χ1n) is 8.81. The Bertz CT molecular complexity index is 615. The number of hydrogen-bond acceptors (Lipinski definition) is 4. The molecule has 1 fully saturated rings. The molecule has 1 aromatic carbocycles. The second-order valence-electron chi connectivity index (χ2n) is 6.89. The standard InChI is InChI=1S/C19H28N2O4/c1-13(2)8-10-25-16-7-6-14(11-17(16)24-3)19(23)21-9-4-5-15(12-21)18(20)22/h6-7,11,13,15H,4-5,8-10,12H2,1-3H3,(H2,20,22). The zero-order valence-corrected chi connectivity index (χ0v) is 15.3. The lowest BCUT2D eigenvalue weighted by molar-refractivity contribution is -0.123. The summed E-state index contributed by atoms with van der Waals surface area (Å²) >= 11 is 0. The van der Waals surface area contributed by atoms with E-state index in [9.17, 15) is 9.59 Å². The van der Waals surface area contributed by atoms with Crippen LogP contribution in [0.15, 0.2) is 18.2 Å². The van der Waals surface area contributed by atoms with Crippen LogP contribution in [0, 0.1) is 11.8 Å². The number of hydrogen-bond donors (Lipinski definition) is 1. The van der Waals surface area contributed by atoms with Crippen molar-refractivity contribution in [1.29, 1.82) is 0 Å². The second-order valence-corrected chi connectivity index (χ2v) is 6.89. The van der Waals surface area contributed by atoms with E-state index in [1.54, 1.807) is 30.2 Å². The molecule has 1 heterocycles. The van der Waals surface area contributed by atoms with E-state index < -0.39 is 0 Å². The lowest BCUT2D eigenvalue weighted by atomic mass is 9.97. The maximum Gasteiger partial charge on any atom is 0.254 e. The highest BCUT2D eigenvalue weighted by atomic mass is 16.5. The largest absolute Gasteiger partial charge is 0.493 e. The van der Waals surface area contributed by atoms with Crippen LogP contribution in [0.4, 0.5) is 0 Å². The minimum Gasteiger partial charge on any atom is -0.493 e. The van der Waals surface area contributed by atoms with Crippen molar-refractivity contribution in [3.8, 4) is 11.5 Å². The molecule has 25 heavy (non-hydrogen) atoms. The lowest BCUT2D eigenvalue weighted by Gasteiger charge is -2.31. The van der Waals surface area contributed by atoms with Crippen LogP contribution in [0.25, 0.3) is 0 Å². The SMILES string of the molecule is COc1cc(C(=O)N2CCCC(C(N)=O)C2)ccc1OCCC(C)C. The van der Waals surface area contributed by atoms with Gasteiger partial charge < -0.3 is 20.1 Å². The van der Waals surface area contributed by atoms with Crippen LogP contribution in [-0.4, -0.2) is 43.5 Å². The third-order valence-electron chi connectivity index (χ3n) is 4.47. The molecule has 1 aliphatic heterocycles. The number of ether oxygens (including phenoxy) is 2. The monoisotopic (exact) mass is 348 g/mol. The molecule has 2 amide bonds. The van der Waals surface area contributed by atoms with E-state index in [0.29, 0.717) is 42.7 Å². The van der Waals surface area contributed by atoms with Crippen molar-refractivity contribution in [2.45, 2.75) is 33.1 Å². The number of nitrogens with zero attached hydrogens (tertiary/aromatic N) is 1. The van der Waals surface area contributed by atoms with Crippen molar-refractivity contribution >= 4 is 11.8 Å². The molecular weight excluding hydrogens is 320 g/mol. The molecule has 1 atom stereocenters. The van der Waals surface area contributed by atoms with Crippen LogP contribution in [0.1, 0.15) is 43.5 Å². The fourth-order valence-electron chi connectivity index (χ4n) is 2.90. The molecule has 6 heteroatoms. The summed E-state index contributed by atoms with van der Waals surface area (Å²) in [6.45, 7) is 5.90. The van der Waals surface area contributed by atoms with Crippen LogP contribution in [0.3, 0.4) is 0 Å². The van der Waals surface area contributed by atoms with Gasteiger partial charge in [-0.2, -0.15) is 0 Å². The predicted octanol–water partition coefficient (Wildman–Crippen LogP) is 2.46. The summed E-state index contributed by atoms with van der Waals surface area (Å²) in [7, 11) is 1.56. The van der Waals surface area contributed by atoms with Crippen molar-refractivity contribution < 1.29 is 19.1 Å². The van der Waals surface area contributed by atoms with Crippen LogP contribution in [0.5, 0.6) is 11.5 Å². The van der Waals surface area contributed by atoms with E-state index in [1.165, 1.54) is 0 Å². The van der Waals surface area contributed by atoms with Crippen molar-refractivity contribution in [1.82, 2.24) is 4.90 Å². The van der Waals surface area contributed by atoms with Crippen molar-refractivity contribution in [3.63, 3.8) is 0 Å². The Morgan fingerprint density at radius 2 is 2.08 bits per heavy atom. The molecule has 0 aliphatic carbocycles. The summed E-state index contributed by atoms with van der Waals surface area (Å²) < 4.78 is 11.1. The summed E-state index contributed by atoms with van der Waals surface area (Å²) in [5, 5.41) is 0. The Morgan fingerprint density at radius 1 is 1.32 bits per heavy atom. The average molecular weight is 348 g/mol. The zero-order chi connectivity index (χ0) is 18.4. The fraction of sp³-hybridized carbons (Fsp3) is 0.579. The van der Waals surface area contributed by atoms with E-state index in [1.807, 2.05) is 0 Å². The van der Waals surface area contributed by atoms with Crippen molar-refractivity contribution in [2.24, 2.45) is 17.6 Å². The Labute approximate surface area is 149 Å². The number of nitrogens with two attached hydrogens (primary N) is 1. The Balaban J connectivity index is 2.08. The first-order chi connectivity index (χ1) is 11.9. The number of likely N-dealkylation sites (tertiary alicyclic amines) is 1. The molecule has 0 spiro atoms. The molecule has 1 aliphatic rings. The van der Waals surface area contributed by atoms with Crippen molar-refractivity contribution in [3.05, 3.63) is 23.8 Å². The molecule has 2 N–H and O–H groups in total. The van der Waals surface area contributed by atoms with Gasteiger partial charge in [0.05, 0.1) is 19.6 Å². The topological polar surface area (TPSA) is 81.9 Å². The average Bonchev–Trinajstić information content (AvgIpc) is 2.61. The minimum atomic E-state index is -0.344. The van der Waals surface area contributed by atoms with E-state index in [4.69, 9.17) is 15.2 Å². The van der Waals surface area contributed by atoms with Gasteiger partial charge in [-0.05, 0) is 43.4 Å². The summed E-state index contributed by atoms with van der Waals surface area (Å²) in [5.41, 5.74) is 5.91. The molecule has 1 aromatic rings. The molecule has 0 aromatic heterocycles. The normalized spacial score (nSPS) is 17.4. The van der Waals surface area contributed by atoms with Gasteiger partial charge in [0, 0.05) is 18.7 Å². The van der Waals surface area contributed by atoms with Gasteiger partial charge in [0.1, 0.15) is 0 Å². The highest BCUT2D eigenvalue weighted by Crippen LogP contribution is 2.29. The first-order valence-corrected chi connectivity index (χ1v) is 8.81. The maximum absolute atomic E-state index is 12.7. The summed E-state index contributed by atoms with van der Waals surface area (Å²) in [6.07, 6.45) is 2.48. The number of carbonyl (C=O) groups is 2. The summed E-state index contributed by atoms with van der Waals surface area (Å²) in [5.74, 6) is 1.01. The van der Waals surface area contributed by atoms with E-state index in [2.05, 4.69) is 13.8 Å². The van der Waals surface area contributed by atoms with E-state index >= 15 is 0 Å². The molecule has 0 saturated carbocycles. The van der Waals surface area contributed by atoms with Gasteiger partial charge in [0.15, 0.2) is 11.5 Å². The van der Waals surface area contributed by atoms with E-state index in [-0.39, 0.29) is 17.7 Å². The van der Waals surface area contributed by atoms with Gasteiger partial charge >= 0.3 is 0 Å². The Kier molecular flexibility index (Phi) is 6.67. The third-order valence-corrected chi connectivity index (χ3v) is 4.47. The highest BCUT2D eigenvalue weighted by molar-refractivity contribution is 5.95. The Morgan fingerprint density at radius 3 is 2.72 bits per heavy atom. The number of amides is 2. The molecule has 6 nitrogen and oxygen atoms in total. The van der Waals surface area contributed by atoms with Gasteiger partial charge in [-0.3, -0.25) is 9.59 Å². The quantitative estimate of drug-likeness (QED) is 0.820. The molecule has 0 bridgehead atoms. The number of primary amides is 1. The molecule has 138 valence electrons. The van der Waals surface area contributed by atoms with Gasteiger partial charge in [0.2, 0.25) is 5.91 Å². The summed E-state index contributed by atoms with van der Waals surface area (Å²) in [4.78, 5) is 25.8. The number of methoxy groups -OCH3 is 1. The summed E-state index contributed by atoms with van der Waals surface area (Å²) in [6, 6.07) is 5.20. The molecule has 0 radical (unpaired) electrons. The van der Waals surface area contributed by atoms with Gasteiger partial charge in [-0.1, -0.05) is 13.8 Å². The number of piperidine rings is 1. The van der Waals surface area contributed by atoms with E-state index in [0.717, 1.165) is 19.3 Å². The van der Waals surface area contributed by atoms with Gasteiger partial charge in [-0.15, -0.1) is 0 Å². The number of carbonyl (C=O) groups excluding carboxylic acids is 2. The zero-order valence-electron chi connectivity index (χ0n) is 15.3. The smallest absolute Gasteiger partial charge is 0.254 e. The third kappa shape index (κ3) is 5.11. The highest BCUT2D eigenvalue weighted by Gasteiger charge is 2.28. The van der Waals surface area contributed by atoms with Crippen LogP contribution in [-0.2, 0) is 4.79 Å². The van der Waals surface area contributed by atoms with Crippen LogP contribution in [0.2, 0.25) is 0 Å². The number of rotatable bonds is 7. The molecule has 1 saturated heterocycles. The van der Waals surface area contributed by atoms with Crippen LogP contribution < -0.4 is 15.2 Å². The molecule has 2 rings (SSSR count). The second kappa shape index (κ2) is 8.74.